The molecular weight excluding hydrogens is 230 g/mol. The van der Waals surface area contributed by atoms with Crippen molar-refractivity contribution in [1.82, 2.24) is 4.72 Å². The summed E-state index contributed by atoms with van der Waals surface area (Å²) in [6, 6.07) is 0. The standard InChI is InChI=1S/C10H23NO4S/c1-10(2,5-6-12)9-11-16(13,14)8-4-7-15-3/h11-12H,4-9H2,1-3H3. The van der Waals surface area contributed by atoms with Crippen LogP contribution in [0.15, 0.2) is 0 Å². The van der Waals surface area contributed by atoms with Crippen LogP contribution in [0.2, 0.25) is 0 Å². The van der Waals surface area contributed by atoms with Gasteiger partial charge >= 0.3 is 0 Å². The highest BCUT2D eigenvalue weighted by Gasteiger charge is 2.20. The Morgan fingerprint density at radius 3 is 2.50 bits per heavy atom. The van der Waals surface area contributed by atoms with E-state index in [4.69, 9.17) is 9.84 Å². The number of hydrogen-bond donors (Lipinski definition) is 2. The summed E-state index contributed by atoms with van der Waals surface area (Å²) >= 11 is 0. The number of sulfonamides is 1. The lowest BCUT2D eigenvalue weighted by molar-refractivity contribution is 0.199. The van der Waals surface area contributed by atoms with Gasteiger partial charge in [-0.25, -0.2) is 13.1 Å². The topological polar surface area (TPSA) is 75.6 Å². The van der Waals surface area contributed by atoms with E-state index in [0.29, 0.717) is 26.0 Å². The zero-order valence-electron chi connectivity index (χ0n) is 10.3. The van der Waals surface area contributed by atoms with Crippen LogP contribution in [-0.2, 0) is 14.8 Å². The van der Waals surface area contributed by atoms with Crippen LogP contribution in [-0.4, -0.2) is 46.1 Å². The molecule has 0 amide bonds. The van der Waals surface area contributed by atoms with Crippen molar-refractivity contribution in [2.75, 3.05) is 32.6 Å². The fourth-order valence-electron chi connectivity index (χ4n) is 1.16. The molecule has 0 aromatic heterocycles. The Labute approximate surface area is 98.2 Å². The number of ether oxygens (including phenoxy) is 1. The quantitative estimate of drug-likeness (QED) is 0.581. The molecule has 0 radical (unpaired) electrons. The maximum Gasteiger partial charge on any atom is 0.211 e. The number of aliphatic hydroxyl groups is 1. The maximum absolute atomic E-state index is 11.5. The molecule has 6 heteroatoms. The summed E-state index contributed by atoms with van der Waals surface area (Å²) in [6.07, 6.45) is 1.07. The second kappa shape index (κ2) is 7.21. The van der Waals surface area contributed by atoms with E-state index in [1.54, 1.807) is 7.11 Å². The van der Waals surface area contributed by atoms with Crippen LogP contribution in [0.25, 0.3) is 0 Å². The smallest absolute Gasteiger partial charge is 0.211 e. The van der Waals surface area contributed by atoms with E-state index < -0.39 is 10.0 Å². The van der Waals surface area contributed by atoms with Crippen molar-refractivity contribution in [2.24, 2.45) is 5.41 Å². The van der Waals surface area contributed by atoms with E-state index in [9.17, 15) is 8.42 Å². The average Bonchev–Trinajstić information content (AvgIpc) is 2.16. The first kappa shape index (κ1) is 15.8. The molecule has 0 rings (SSSR count). The number of methoxy groups -OCH3 is 1. The highest BCUT2D eigenvalue weighted by molar-refractivity contribution is 7.89. The van der Waals surface area contributed by atoms with Crippen LogP contribution in [0.1, 0.15) is 26.7 Å². The summed E-state index contributed by atoms with van der Waals surface area (Å²) in [6.45, 7) is 4.70. The molecule has 0 heterocycles. The van der Waals surface area contributed by atoms with Crippen LogP contribution in [0.3, 0.4) is 0 Å². The Kier molecular flexibility index (Phi) is 7.14. The molecule has 5 nitrogen and oxygen atoms in total. The Hall–Kier alpha value is -0.170. The number of rotatable bonds is 9. The van der Waals surface area contributed by atoms with Crippen molar-refractivity contribution in [3.63, 3.8) is 0 Å². The van der Waals surface area contributed by atoms with Crippen LogP contribution < -0.4 is 4.72 Å². The van der Waals surface area contributed by atoms with Crippen molar-refractivity contribution in [3.8, 4) is 0 Å². The third-order valence-electron chi connectivity index (χ3n) is 2.32. The first-order valence-corrected chi connectivity index (χ1v) is 7.05. The summed E-state index contributed by atoms with van der Waals surface area (Å²) in [7, 11) is -1.67. The van der Waals surface area contributed by atoms with Gasteiger partial charge in [-0.1, -0.05) is 13.8 Å². The SMILES string of the molecule is COCCCS(=O)(=O)NCC(C)(C)CCO. The second-order valence-electron chi connectivity index (χ2n) is 4.62. The van der Waals surface area contributed by atoms with Gasteiger partial charge in [-0.2, -0.15) is 0 Å². The first-order chi connectivity index (χ1) is 7.33. The normalized spacial score (nSPS) is 13.0. The Balaban J connectivity index is 3.98. The van der Waals surface area contributed by atoms with E-state index in [0.717, 1.165) is 0 Å². The largest absolute Gasteiger partial charge is 0.396 e. The number of aliphatic hydroxyl groups excluding tert-OH is 1. The van der Waals surface area contributed by atoms with Gasteiger partial charge in [-0.15, -0.1) is 0 Å². The lowest BCUT2D eigenvalue weighted by atomic mass is 9.90. The Morgan fingerprint density at radius 1 is 1.38 bits per heavy atom. The third-order valence-corrected chi connectivity index (χ3v) is 3.73. The summed E-state index contributed by atoms with van der Waals surface area (Å²) < 4.78 is 30.4. The molecule has 16 heavy (non-hydrogen) atoms. The van der Waals surface area contributed by atoms with Gasteiger partial charge in [-0.3, -0.25) is 0 Å². The summed E-state index contributed by atoms with van der Waals surface area (Å²) in [5.41, 5.74) is -0.219. The highest BCUT2D eigenvalue weighted by Crippen LogP contribution is 2.18. The fraction of sp³-hybridized carbons (Fsp3) is 1.00. The molecule has 0 aliphatic rings. The van der Waals surface area contributed by atoms with Crippen LogP contribution in [0.4, 0.5) is 0 Å². The van der Waals surface area contributed by atoms with Crippen molar-refractivity contribution >= 4 is 10.0 Å². The van der Waals surface area contributed by atoms with Crippen molar-refractivity contribution < 1.29 is 18.3 Å². The van der Waals surface area contributed by atoms with Crippen LogP contribution in [0, 0.1) is 5.41 Å². The number of nitrogens with one attached hydrogen (secondary N) is 1. The molecule has 0 bridgehead atoms. The minimum absolute atomic E-state index is 0.0679. The van der Waals surface area contributed by atoms with E-state index in [1.807, 2.05) is 13.8 Å². The van der Waals surface area contributed by atoms with Gasteiger partial charge < -0.3 is 9.84 Å². The molecule has 0 aromatic rings. The summed E-state index contributed by atoms with van der Waals surface area (Å²) in [5.74, 6) is 0.0794. The minimum Gasteiger partial charge on any atom is -0.396 e. The monoisotopic (exact) mass is 253 g/mol. The molecule has 0 aliphatic heterocycles. The minimum atomic E-state index is -3.22. The van der Waals surface area contributed by atoms with Gasteiger partial charge in [0.15, 0.2) is 0 Å². The van der Waals surface area contributed by atoms with Gasteiger partial charge in [-0.05, 0) is 18.3 Å². The lowest BCUT2D eigenvalue weighted by Crippen LogP contribution is -2.36. The second-order valence-corrected chi connectivity index (χ2v) is 6.55. The molecule has 2 N–H and O–H groups in total. The van der Waals surface area contributed by atoms with Crippen molar-refractivity contribution in [2.45, 2.75) is 26.7 Å². The predicted molar refractivity (Wildman–Crippen MR) is 63.8 cm³/mol. The molecule has 98 valence electrons. The third kappa shape index (κ3) is 8.04. The molecule has 0 unspecified atom stereocenters. The number of hydrogen-bond acceptors (Lipinski definition) is 4. The molecular formula is C10H23NO4S. The molecule has 0 spiro atoms. The van der Waals surface area contributed by atoms with Gasteiger partial charge in [0.2, 0.25) is 10.0 Å². The Bertz CT molecular complexity index is 275. The average molecular weight is 253 g/mol. The predicted octanol–water partition coefficient (Wildman–Crippen LogP) is 0.351. The van der Waals surface area contributed by atoms with E-state index in [-0.39, 0.29) is 17.8 Å². The maximum atomic E-state index is 11.5. The van der Waals surface area contributed by atoms with E-state index >= 15 is 0 Å². The fourth-order valence-corrected chi connectivity index (χ4v) is 2.41. The summed E-state index contributed by atoms with van der Waals surface area (Å²) in [5, 5.41) is 8.81. The molecule has 0 fully saturated rings. The van der Waals surface area contributed by atoms with Crippen LogP contribution in [0.5, 0.6) is 0 Å². The van der Waals surface area contributed by atoms with Gasteiger partial charge in [0.25, 0.3) is 0 Å². The van der Waals surface area contributed by atoms with E-state index in [2.05, 4.69) is 4.72 Å². The Morgan fingerprint density at radius 2 is 2.00 bits per heavy atom. The highest BCUT2D eigenvalue weighted by atomic mass is 32.2. The zero-order chi connectivity index (χ0) is 12.7. The molecule has 0 saturated carbocycles. The van der Waals surface area contributed by atoms with Crippen molar-refractivity contribution in [3.05, 3.63) is 0 Å². The molecule has 0 aliphatic carbocycles. The molecule has 0 aromatic carbocycles. The van der Waals surface area contributed by atoms with Gasteiger partial charge in [0.1, 0.15) is 0 Å². The molecule has 0 saturated heterocycles. The van der Waals surface area contributed by atoms with Crippen molar-refractivity contribution in [1.29, 1.82) is 0 Å². The summed E-state index contributed by atoms with van der Waals surface area (Å²) in [4.78, 5) is 0. The zero-order valence-corrected chi connectivity index (χ0v) is 11.1. The molecule has 0 atom stereocenters. The lowest BCUT2D eigenvalue weighted by Gasteiger charge is -2.23. The first-order valence-electron chi connectivity index (χ1n) is 5.40. The van der Waals surface area contributed by atoms with E-state index in [1.165, 1.54) is 0 Å². The van der Waals surface area contributed by atoms with Gasteiger partial charge in [0, 0.05) is 26.9 Å². The van der Waals surface area contributed by atoms with Crippen LogP contribution >= 0.6 is 0 Å². The van der Waals surface area contributed by atoms with Gasteiger partial charge in [0.05, 0.1) is 5.75 Å².